The fraction of sp³-hybridized carbons (Fsp3) is 0.474. The van der Waals surface area contributed by atoms with Crippen LogP contribution in [0.2, 0.25) is 0 Å². The number of amides is 1. The number of aldehydes is 1. The lowest BCUT2D eigenvalue weighted by molar-refractivity contribution is -0.125. The van der Waals surface area contributed by atoms with Gasteiger partial charge in [0.05, 0.1) is 12.1 Å². The third-order valence-corrected chi connectivity index (χ3v) is 4.31. The van der Waals surface area contributed by atoms with Gasteiger partial charge in [-0.05, 0) is 51.1 Å². The van der Waals surface area contributed by atoms with E-state index < -0.39 is 6.04 Å². The minimum Gasteiger partial charge on any atom is -0.345 e. The molecule has 1 aliphatic carbocycles. The Balaban J connectivity index is 1.91. The van der Waals surface area contributed by atoms with Crippen molar-refractivity contribution in [3.05, 3.63) is 47.5 Å². The number of nitrogens with one attached hydrogen (secondary N) is 2. The molecule has 0 spiro atoms. The highest BCUT2D eigenvalue weighted by Crippen LogP contribution is 2.21. The molecule has 23 heavy (non-hydrogen) atoms. The quantitative estimate of drug-likeness (QED) is 0.572. The summed E-state index contributed by atoms with van der Waals surface area (Å²) in [5.74, 6) is -0.105. The van der Waals surface area contributed by atoms with Crippen molar-refractivity contribution in [1.82, 2.24) is 10.6 Å². The van der Waals surface area contributed by atoms with Crippen molar-refractivity contribution in [3.63, 3.8) is 0 Å². The van der Waals surface area contributed by atoms with Crippen molar-refractivity contribution < 1.29 is 9.59 Å². The summed E-state index contributed by atoms with van der Waals surface area (Å²) in [6.45, 7) is 0. The molecule has 1 amide bonds. The predicted molar refractivity (Wildman–Crippen MR) is 92.2 cm³/mol. The van der Waals surface area contributed by atoms with E-state index in [0.717, 1.165) is 31.1 Å². The predicted octanol–water partition coefficient (Wildman–Crippen LogP) is 2.39. The Kier molecular flexibility index (Phi) is 7.01. The molecular weight excluding hydrogens is 288 g/mol. The monoisotopic (exact) mass is 314 g/mol. The lowest BCUT2D eigenvalue weighted by atomic mass is 9.94. The first-order valence-electron chi connectivity index (χ1n) is 8.37. The SMILES string of the molecule is CNC(CC1=CCCCC1)C(=O)NC(C=O)Cc1ccccc1. The zero-order chi connectivity index (χ0) is 16.5. The van der Waals surface area contributed by atoms with Crippen LogP contribution in [0.1, 0.15) is 37.7 Å². The topological polar surface area (TPSA) is 58.2 Å². The van der Waals surface area contributed by atoms with Gasteiger partial charge in [-0.1, -0.05) is 42.0 Å². The normalized spacial score (nSPS) is 17.0. The van der Waals surface area contributed by atoms with Crippen LogP contribution in [0.25, 0.3) is 0 Å². The number of benzene rings is 1. The van der Waals surface area contributed by atoms with Gasteiger partial charge >= 0.3 is 0 Å². The van der Waals surface area contributed by atoms with Gasteiger partial charge in [-0.2, -0.15) is 0 Å². The molecule has 2 rings (SSSR count). The van der Waals surface area contributed by atoms with Crippen LogP contribution in [0.3, 0.4) is 0 Å². The zero-order valence-electron chi connectivity index (χ0n) is 13.8. The Morgan fingerprint density at radius 3 is 2.61 bits per heavy atom. The van der Waals surface area contributed by atoms with E-state index in [1.807, 2.05) is 30.3 Å². The van der Waals surface area contributed by atoms with Gasteiger partial charge in [-0.25, -0.2) is 0 Å². The van der Waals surface area contributed by atoms with Gasteiger partial charge < -0.3 is 15.4 Å². The molecule has 2 N–H and O–H groups in total. The van der Waals surface area contributed by atoms with Gasteiger partial charge in [-0.3, -0.25) is 4.79 Å². The van der Waals surface area contributed by atoms with Gasteiger partial charge in [0, 0.05) is 0 Å². The lowest BCUT2D eigenvalue weighted by Gasteiger charge is -2.22. The Bertz CT molecular complexity index is 540. The number of allylic oxidation sites excluding steroid dienone is 1. The molecule has 2 unspecified atom stereocenters. The van der Waals surface area contributed by atoms with Gasteiger partial charge in [0.2, 0.25) is 5.91 Å². The van der Waals surface area contributed by atoms with Crippen LogP contribution in [0.4, 0.5) is 0 Å². The first-order chi connectivity index (χ1) is 11.2. The second-order valence-corrected chi connectivity index (χ2v) is 6.09. The first kappa shape index (κ1) is 17.4. The number of rotatable bonds is 8. The number of hydrogen-bond acceptors (Lipinski definition) is 3. The largest absolute Gasteiger partial charge is 0.345 e. The molecule has 0 aliphatic heterocycles. The highest BCUT2D eigenvalue weighted by molar-refractivity contribution is 5.84. The maximum Gasteiger partial charge on any atom is 0.238 e. The van der Waals surface area contributed by atoms with E-state index in [0.29, 0.717) is 6.42 Å². The highest BCUT2D eigenvalue weighted by atomic mass is 16.2. The van der Waals surface area contributed by atoms with Crippen LogP contribution < -0.4 is 10.6 Å². The van der Waals surface area contributed by atoms with Gasteiger partial charge in [0.25, 0.3) is 0 Å². The van der Waals surface area contributed by atoms with Crippen LogP contribution in [-0.4, -0.2) is 31.3 Å². The summed E-state index contributed by atoms with van der Waals surface area (Å²) in [5, 5.41) is 5.93. The summed E-state index contributed by atoms with van der Waals surface area (Å²) in [7, 11) is 1.79. The van der Waals surface area contributed by atoms with Crippen molar-refractivity contribution in [3.8, 4) is 0 Å². The summed E-state index contributed by atoms with van der Waals surface area (Å²) in [6, 6.07) is 8.97. The second kappa shape index (κ2) is 9.26. The molecule has 0 aromatic heterocycles. The summed E-state index contributed by atoms with van der Waals surface area (Å²) < 4.78 is 0. The zero-order valence-corrected chi connectivity index (χ0v) is 13.8. The molecule has 0 saturated heterocycles. The van der Waals surface area contributed by atoms with Crippen molar-refractivity contribution in [2.75, 3.05) is 7.05 Å². The average molecular weight is 314 g/mol. The Hall–Kier alpha value is -1.94. The van der Waals surface area contributed by atoms with E-state index in [2.05, 4.69) is 16.7 Å². The third-order valence-electron chi connectivity index (χ3n) is 4.31. The first-order valence-corrected chi connectivity index (χ1v) is 8.37. The van der Waals surface area contributed by atoms with Crippen LogP contribution in [-0.2, 0) is 16.0 Å². The van der Waals surface area contributed by atoms with Gasteiger partial charge in [0.15, 0.2) is 0 Å². The summed E-state index contributed by atoms with van der Waals surface area (Å²) in [5.41, 5.74) is 2.39. The average Bonchev–Trinajstić information content (AvgIpc) is 2.60. The maximum atomic E-state index is 12.4. The Morgan fingerprint density at radius 2 is 2.00 bits per heavy atom. The minimum atomic E-state index is -0.485. The molecular formula is C19H26N2O2. The van der Waals surface area contributed by atoms with Crippen LogP contribution in [0, 0.1) is 0 Å². The van der Waals surface area contributed by atoms with E-state index in [1.54, 1.807) is 7.05 Å². The van der Waals surface area contributed by atoms with Gasteiger partial charge in [-0.15, -0.1) is 0 Å². The van der Waals surface area contributed by atoms with E-state index in [4.69, 9.17) is 0 Å². The summed E-state index contributed by atoms with van der Waals surface area (Å²) >= 11 is 0. The smallest absolute Gasteiger partial charge is 0.238 e. The van der Waals surface area contributed by atoms with E-state index in [-0.39, 0.29) is 11.9 Å². The molecule has 0 fully saturated rings. The molecule has 1 aromatic carbocycles. The molecule has 0 radical (unpaired) electrons. The Morgan fingerprint density at radius 1 is 1.22 bits per heavy atom. The number of hydrogen-bond donors (Lipinski definition) is 2. The van der Waals surface area contributed by atoms with Gasteiger partial charge in [0.1, 0.15) is 6.29 Å². The number of carbonyl (C=O) groups is 2. The molecule has 4 nitrogen and oxygen atoms in total. The van der Waals surface area contributed by atoms with Crippen molar-refractivity contribution in [2.45, 2.75) is 50.6 Å². The summed E-state index contributed by atoms with van der Waals surface area (Å²) in [6.07, 6.45) is 8.94. The maximum absolute atomic E-state index is 12.4. The molecule has 2 atom stereocenters. The molecule has 0 saturated carbocycles. The standard InChI is InChI=1S/C19H26N2O2/c1-20-18(13-16-10-6-3-7-11-16)19(23)21-17(14-22)12-15-8-4-2-5-9-15/h2,4-5,8-10,14,17-18,20H,3,6-7,11-13H2,1H3,(H,21,23). The molecule has 0 heterocycles. The van der Waals surface area contributed by atoms with E-state index in [1.165, 1.54) is 18.4 Å². The minimum absolute atomic E-state index is 0.105. The van der Waals surface area contributed by atoms with Crippen molar-refractivity contribution in [1.29, 1.82) is 0 Å². The fourth-order valence-electron chi connectivity index (χ4n) is 2.96. The molecule has 1 aliphatic rings. The molecule has 4 heteroatoms. The number of likely N-dealkylation sites (N-methyl/N-ethyl adjacent to an activating group) is 1. The van der Waals surface area contributed by atoms with Crippen LogP contribution in [0.15, 0.2) is 42.0 Å². The van der Waals surface area contributed by atoms with Crippen molar-refractivity contribution >= 4 is 12.2 Å². The molecule has 124 valence electrons. The Labute approximate surface area is 138 Å². The highest BCUT2D eigenvalue weighted by Gasteiger charge is 2.21. The molecule has 0 bridgehead atoms. The summed E-state index contributed by atoms with van der Waals surface area (Å²) in [4.78, 5) is 23.7. The van der Waals surface area contributed by atoms with Crippen molar-refractivity contribution in [2.24, 2.45) is 0 Å². The third kappa shape index (κ3) is 5.64. The van der Waals surface area contributed by atoms with E-state index in [9.17, 15) is 9.59 Å². The lowest BCUT2D eigenvalue weighted by Crippen LogP contribution is -2.48. The van der Waals surface area contributed by atoms with Crippen LogP contribution in [0.5, 0.6) is 0 Å². The second-order valence-electron chi connectivity index (χ2n) is 6.09. The molecule has 1 aromatic rings. The number of carbonyl (C=O) groups excluding carboxylic acids is 2. The fourth-order valence-corrected chi connectivity index (χ4v) is 2.96. The van der Waals surface area contributed by atoms with E-state index >= 15 is 0 Å². The van der Waals surface area contributed by atoms with Crippen LogP contribution >= 0.6 is 0 Å².